The van der Waals surface area contributed by atoms with Crippen molar-refractivity contribution in [3.8, 4) is 5.75 Å². The van der Waals surface area contributed by atoms with Gasteiger partial charge in [-0.1, -0.05) is 32.9 Å². The summed E-state index contributed by atoms with van der Waals surface area (Å²) in [6.07, 6.45) is -0.946. The van der Waals surface area contributed by atoms with E-state index in [1.54, 1.807) is 18.7 Å². The summed E-state index contributed by atoms with van der Waals surface area (Å²) in [7, 11) is 1.80. The van der Waals surface area contributed by atoms with E-state index in [4.69, 9.17) is 9.47 Å². The Morgan fingerprint density at radius 2 is 1.79 bits per heavy atom. The molecule has 0 saturated carbocycles. The molecular weight excluding hydrogens is 358 g/mol. The van der Waals surface area contributed by atoms with Gasteiger partial charge >= 0.3 is 5.97 Å². The number of esters is 1. The van der Waals surface area contributed by atoms with E-state index < -0.39 is 18.0 Å². The number of carbonyl (C=O) groups is 2. The van der Waals surface area contributed by atoms with E-state index in [9.17, 15) is 9.59 Å². The van der Waals surface area contributed by atoms with Gasteiger partial charge < -0.3 is 14.8 Å². The molecule has 28 heavy (non-hydrogen) atoms. The Labute approximate surface area is 166 Å². The van der Waals surface area contributed by atoms with Gasteiger partial charge in [0.05, 0.1) is 17.1 Å². The summed E-state index contributed by atoms with van der Waals surface area (Å²) in [5, 5.41) is 7.00. The molecule has 0 spiro atoms. The third-order valence-corrected chi connectivity index (χ3v) is 4.51. The first-order valence-electron chi connectivity index (χ1n) is 9.23. The summed E-state index contributed by atoms with van der Waals surface area (Å²) in [6.45, 7) is 11.3. The van der Waals surface area contributed by atoms with Crippen LogP contribution in [0.4, 0.5) is 5.69 Å². The van der Waals surface area contributed by atoms with E-state index in [-0.39, 0.29) is 12.0 Å². The summed E-state index contributed by atoms with van der Waals surface area (Å²) < 4.78 is 12.3. The number of rotatable bonds is 6. The summed E-state index contributed by atoms with van der Waals surface area (Å²) in [4.78, 5) is 24.3. The number of nitrogens with zero attached hydrogens (tertiary/aromatic N) is 2. The number of ether oxygens (including phenoxy) is 2. The molecule has 0 aliphatic rings. The second-order valence-corrected chi connectivity index (χ2v) is 7.85. The molecule has 1 aromatic carbocycles. The van der Waals surface area contributed by atoms with Crippen molar-refractivity contribution in [1.82, 2.24) is 9.78 Å². The van der Waals surface area contributed by atoms with Crippen LogP contribution < -0.4 is 10.1 Å². The maximum atomic E-state index is 12.3. The number of hydrogen-bond donors (Lipinski definition) is 1. The van der Waals surface area contributed by atoms with Crippen LogP contribution in [-0.4, -0.2) is 34.4 Å². The average molecular weight is 387 g/mol. The zero-order valence-electron chi connectivity index (χ0n) is 17.6. The highest BCUT2D eigenvalue weighted by molar-refractivity contribution is 5.96. The molecule has 1 atom stereocenters. The molecule has 2 rings (SSSR count). The fourth-order valence-corrected chi connectivity index (χ4v) is 2.66. The smallest absolute Gasteiger partial charge is 0.344 e. The van der Waals surface area contributed by atoms with Crippen molar-refractivity contribution in [1.29, 1.82) is 0 Å². The predicted molar refractivity (Wildman–Crippen MR) is 108 cm³/mol. The fraction of sp³-hybridized carbons (Fsp3) is 0.476. The minimum Gasteiger partial charge on any atom is -0.482 e. The lowest BCUT2D eigenvalue weighted by Crippen LogP contribution is -2.32. The van der Waals surface area contributed by atoms with E-state index in [0.717, 1.165) is 5.69 Å². The molecule has 1 heterocycles. The zero-order valence-corrected chi connectivity index (χ0v) is 17.6. The summed E-state index contributed by atoms with van der Waals surface area (Å²) in [6, 6.07) is 7.57. The standard InChI is InChI=1S/C21H29N3O4/c1-13-19(14(2)24(7)23-13)22-20(26)15(3)28-18(25)12-27-17-10-8-16(9-11-17)21(4,5)6/h8-11,15H,12H2,1-7H3,(H,22,26)/t15-/m0/s1. The molecule has 1 N–H and O–H groups in total. The minimum absolute atomic E-state index is 0.0469. The van der Waals surface area contributed by atoms with Crippen LogP contribution >= 0.6 is 0 Å². The van der Waals surface area contributed by atoms with Gasteiger partial charge in [0.1, 0.15) is 5.75 Å². The molecule has 0 radical (unpaired) electrons. The quantitative estimate of drug-likeness (QED) is 0.769. The van der Waals surface area contributed by atoms with Crippen molar-refractivity contribution in [3.05, 3.63) is 41.2 Å². The van der Waals surface area contributed by atoms with Crippen molar-refractivity contribution in [2.24, 2.45) is 7.05 Å². The number of benzene rings is 1. The molecule has 0 bridgehead atoms. The normalized spacial score (nSPS) is 12.4. The van der Waals surface area contributed by atoms with Crippen molar-refractivity contribution < 1.29 is 19.1 Å². The van der Waals surface area contributed by atoms with Crippen LogP contribution in [0.3, 0.4) is 0 Å². The van der Waals surface area contributed by atoms with Gasteiger partial charge in [0.15, 0.2) is 12.7 Å². The Hall–Kier alpha value is -2.83. The molecule has 0 unspecified atom stereocenters. The molecule has 0 aliphatic carbocycles. The van der Waals surface area contributed by atoms with E-state index in [2.05, 4.69) is 31.2 Å². The highest BCUT2D eigenvalue weighted by atomic mass is 16.6. The number of hydrogen-bond acceptors (Lipinski definition) is 5. The lowest BCUT2D eigenvalue weighted by Gasteiger charge is -2.19. The minimum atomic E-state index is -0.946. The number of amides is 1. The SMILES string of the molecule is Cc1nn(C)c(C)c1NC(=O)[C@H](C)OC(=O)COc1ccc(C(C)(C)C)cc1. The van der Waals surface area contributed by atoms with Crippen LogP contribution in [0.2, 0.25) is 0 Å². The molecule has 152 valence electrons. The lowest BCUT2D eigenvalue weighted by molar-refractivity contribution is -0.155. The van der Waals surface area contributed by atoms with Crippen LogP contribution in [0.5, 0.6) is 5.75 Å². The van der Waals surface area contributed by atoms with Gasteiger partial charge in [-0.3, -0.25) is 9.48 Å². The zero-order chi connectivity index (χ0) is 21.1. The van der Waals surface area contributed by atoms with E-state index in [1.807, 2.05) is 31.2 Å². The van der Waals surface area contributed by atoms with Crippen LogP contribution in [-0.2, 0) is 26.8 Å². The molecule has 2 aromatic rings. The first kappa shape index (κ1) is 21.5. The highest BCUT2D eigenvalue weighted by Crippen LogP contribution is 2.24. The molecule has 7 nitrogen and oxygen atoms in total. The molecule has 0 aliphatic heterocycles. The molecule has 0 fully saturated rings. The van der Waals surface area contributed by atoms with Gasteiger partial charge in [0.25, 0.3) is 5.91 Å². The second-order valence-electron chi connectivity index (χ2n) is 7.85. The maximum Gasteiger partial charge on any atom is 0.344 e. The maximum absolute atomic E-state index is 12.3. The van der Waals surface area contributed by atoms with Gasteiger partial charge in [0, 0.05) is 7.05 Å². The Balaban J connectivity index is 1.85. The Morgan fingerprint density at radius 1 is 1.18 bits per heavy atom. The van der Waals surface area contributed by atoms with Gasteiger partial charge in [-0.15, -0.1) is 0 Å². The Kier molecular flexibility index (Phi) is 6.48. The first-order chi connectivity index (χ1) is 13.0. The average Bonchev–Trinajstić information content (AvgIpc) is 2.85. The Bertz CT molecular complexity index is 848. The van der Waals surface area contributed by atoms with Gasteiger partial charge in [-0.25, -0.2) is 4.79 Å². The molecule has 0 saturated heterocycles. The third kappa shape index (κ3) is 5.34. The number of anilines is 1. The summed E-state index contributed by atoms with van der Waals surface area (Å²) in [5.74, 6) is -0.451. The van der Waals surface area contributed by atoms with Gasteiger partial charge in [0.2, 0.25) is 0 Å². The molecular formula is C21H29N3O4. The number of carbonyl (C=O) groups excluding carboxylic acids is 2. The molecule has 7 heteroatoms. The van der Waals surface area contributed by atoms with Crippen LogP contribution in [0.15, 0.2) is 24.3 Å². The molecule has 1 amide bonds. The molecule has 1 aromatic heterocycles. The van der Waals surface area contributed by atoms with E-state index in [0.29, 0.717) is 17.1 Å². The monoisotopic (exact) mass is 387 g/mol. The van der Waals surface area contributed by atoms with Crippen LogP contribution in [0.1, 0.15) is 44.6 Å². The topological polar surface area (TPSA) is 82.5 Å². The third-order valence-electron chi connectivity index (χ3n) is 4.51. The highest BCUT2D eigenvalue weighted by Gasteiger charge is 2.21. The summed E-state index contributed by atoms with van der Waals surface area (Å²) >= 11 is 0. The van der Waals surface area contributed by atoms with Crippen LogP contribution in [0, 0.1) is 13.8 Å². The lowest BCUT2D eigenvalue weighted by atomic mass is 9.87. The number of nitrogens with one attached hydrogen (secondary N) is 1. The van der Waals surface area contributed by atoms with E-state index >= 15 is 0 Å². The fourth-order valence-electron chi connectivity index (χ4n) is 2.66. The van der Waals surface area contributed by atoms with Gasteiger partial charge in [-0.2, -0.15) is 5.10 Å². The second kappa shape index (κ2) is 8.46. The number of aryl methyl sites for hydroxylation is 2. The largest absolute Gasteiger partial charge is 0.482 e. The Morgan fingerprint density at radius 3 is 2.29 bits per heavy atom. The van der Waals surface area contributed by atoms with Crippen LogP contribution in [0.25, 0.3) is 0 Å². The van der Waals surface area contributed by atoms with Crippen molar-refractivity contribution >= 4 is 17.6 Å². The van der Waals surface area contributed by atoms with E-state index in [1.165, 1.54) is 12.5 Å². The van der Waals surface area contributed by atoms with Gasteiger partial charge in [-0.05, 0) is 43.9 Å². The predicted octanol–water partition coefficient (Wildman–Crippen LogP) is 3.28. The van der Waals surface area contributed by atoms with Crippen molar-refractivity contribution in [2.75, 3.05) is 11.9 Å². The van der Waals surface area contributed by atoms with Crippen molar-refractivity contribution in [3.63, 3.8) is 0 Å². The van der Waals surface area contributed by atoms with Crippen molar-refractivity contribution in [2.45, 2.75) is 53.1 Å². The number of aromatic nitrogens is 2. The first-order valence-corrected chi connectivity index (χ1v) is 9.23. The summed E-state index contributed by atoms with van der Waals surface area (Å²) in [5.41, 5.74) is 3.38.